The summed E-state index contributed by atoms with van der Waals surface area (Å²) in [5, 5.41) is 0. The molecule has 1 saturated heterocycles. The van der Waals surface area contributed by atoms with Gasteiger partial charge >= 0.3 is 0 Å². The van der Waals surface area contributed by atoms with Crippen molar-refractivity contribution < 1.29 is 18.0 Å². The number of benzene rings is 1. The largest absolute Gasteiger partial charge is 0.338 e. The number of amides is 1. The zero-order valence-corrected chi connectivity index (χ0v) is 12.2. The molecule has 2 rings (SSSR count). The molecule has 1 amide bonds. The van der Waals surface area contributed by atoms with Gasteiger partial charge in [0.05, 0.1) is 0 Å². The molecule has 6 heteroatoms. The van der Waals surface area contributed by atoms with Gasteiger partial charge in [-0.05, 0) is 18.6 Å². The molecule has 1 aromatic rings. The number of carbonyl (C=O) groups is 1. The van der Waals surface area contributed by atoms with Gasteiger partial charge < -0.3 is 4.90 Å². The Labute approximate surface area is 120 Å². The first kappa shape index (κ1) is 15.2. The quantitative estimate of drug-likeness (QED) is 0.741. The molecule has 0 unspecified atom stereocenters. The molecule has 0 radical (unpaired) electrons. The molecular formula is C14H16F3NOS. The van der Waals surface area contributed by atoms with Crippen LogP contribution in [0.2, 0.25) is 0 Å². The van der Waals surface area contributed by atoms with E-state index in [0.29, 0.717) is 13.1 Å². The Kier molecular flexibility index (Phi) is 4.32. The van der Waals surface area contributed by atoms with Gasteiger partial charge in [0.25, 0.3) is 5.91 Å². The van der Waals surface area contributed by atoms with Gasteiger partial charge in [-0.25, -0.2) is 13.2 Å². The van der Waals surface area contributed by atoms with E-state index in [4.69, 9.17) is 0 Å². The summed E-state index contributed by atoms with van der Waals surface area (Å²) in [4.78, 5) is 13.8. The third-order valence-corrected chi connectivity index (χ3v) is 4.73. The van der Waals surface area contributed by atoms with Crippen LogP contribution in [0.3, 0.4) is 0 Å². The van der Waals surface area contributed by atoms with Crippen molar-refractivity contribution in [2.24, 2.45) is 0 Å². The van der Waals surface area contributed by atoms with Gasteiger partial charge in [0.2, 0.25) is 0 Å². The average Bonchev–Trinajstić information content (AvgIpc) is 2.55. The molecule has 1 aliphatic heterocycles. The summed E-state index contributed by atoms with van der Waals surface area (Å²) in [5.41, 5.74) is -0.147. The maximum Gasteiger partial charge on any atom is 0.254 e. The fourth-order valence-electron chi connectivity index (χ4n) is 2.08. The van der Waals surface area contributed by atoms with E-state index in [1.807, 2.05) is 0 Å². The summed E-state index contributed by atoms with van der Waals surface area (Å²) < 4.78 is 39.3. The van der Waals surface area contributed by atoms with Gasteiger partial charge in [0.15, 0.2) is 17.5 Å². The second kappa shape index (κ2) is 5.68. The number of nitrogens with zero attached hydrogens (tertiary/aromatic N) is 1. The topological polar surface area (TPSA) is 20.3 Å². The van der Waals surface area contributed by atoms with Crippen LogP contribution >= 0.6 is 11.8 Å². The van der Waals surface area contributed by atoms with E-state index in [2.05, 4.69) is 13.8 Å². The van der Waals surface area contributed by atoms with Crippen molar-refractivity contribution in [1.29, 1.82) is 0 Å². The molecule has 0 atom stereocenters. The molecule has 1 aliphatic rings. The van der Waals surface area contributed by atoms with Crippen LogP contribution in [0, 0.1) is 17.5 Å². The standard InChI is InChI=1S/C14H16F3NOS/c1-14(2)3-4-18(5-6-20-14)13(19)9-7-10(15)12(17)11(16)8-9/h7-8H,3-6H2,1-2H3. The summed E-state index contributed by atoms with van der Waals surface area (Å²) in [6.45, 7) is 5.25. The van der Waals surface area contributed by atoms with E-state index in [1.54, 1.807) is 16.7 Å². The summed E-state index contributed by atoms with van der Waals surface area (Å²) in [5.74, 6) is -3.91. The molecule has 0 aromatic heterocycles. The first-order valence-corrected chi connectivity index (χ1v) is 7.36. The summed E-state index contributed by atoms with van der Waals surface area (Å²) in [6.07, 6.45) is 0.801. The van der Waals surface area contributed by atoms with E-state index in [0.717, 1.165) is 24.3 Å². The van der Waals surface area contributed by atoms with Crippen molar-refractivity contribution in [1.82, 2.24) is 4.90 Å². The highest BCUT2D eigenvalue weighted by Crippen LogP contribution is 2.31. The van der Waals surface area contributed by atoms with Gasteiger partial charge in [0, 0.05) is 29.2 Å². The summed E-state index contributed by atoms with van der Waals surface area (Å²) in [7, 11) is 0. The summed E-state index contributed by atoms with van der Waals surface area (Å²) >= 11 is 1.76. The number of thioether (sulfide) groups is 1. The second-order valence-corrected chi connectivity index (χ2v) is 7.21. The zero-order valence-electron chi connectivity index (χ0n) is 11.4. The van der Waals surface area contributed by atoms with Gasteiger partial charge in [-0.1, -0.05) is 13.8 Å². The van der Waals surface area contributed by atoms with Crippen LogP contribution in [-0.4, -0.2) is 34.4 Å². The highest BCUT2D eigenvalue weighted by atomic mass is 32.2. The number of halogens is 3. The molecule has 110 valence electrons. The second-order valence-electron chi connectivity index (χ2n) is 5.40. The highest BCUT2D eigenvalue weighted by Gasteiger charge is 2.27. The lowest BCUT2D eigenvalue weighted by atomic mass is 10.1. The predicted molar refractivity (Wildman–Crippen MR) is 73.4 cm³/mol. The lowest BCUT2D eigenvalue weighted by molar-refractivity contribution is 0.0763. The summed E-state index contributed by atoms with van der Waals surface area (Å²) in [6, 6.07) is 1.51. The van der Waals surface area contributed by atoms with Crippen molar-refractivity contribution in [3.05, 3.63) is 35.1 Å². The molecule has 0 N–H and O–H groups in total. The lowest BCUT2D eigenvalue weighted by Gasteiger charge is -2.22. The Morgan fingerprint density at radius 1 is 1.20 bits per heavy atom. The lowest BCUT2D eigenvalue weighted by Crippen LogP contribution is -2.33. The number of hydrogen-bond donors (Lipinski definition) is 0. The minimum atomic E-state index is -1.55. The molecule has 20 heavy (non-hydrogen) atoms. The van der Waals surface area contributed by atoms with Crippen molar-refractivity contribution in [2.45, 2.75) is 25.0 Å². The molecule has 1 aromatic carbocycles. The molecule has 0 spiro atoms. The van der Waals surface area contributed by atoms with Crippen LogP contribution in [0.15, 0.2) is 12.1 Å². The minimum absolute atomic E-state index is 0.0777. The van der Waals surface area contributed by atoms with Gasteiger partial charge in [-0.3, -0.25) is 4.79 Å². The van der Waals surface area contributed by atoms with E-state index in [9.17, 15) is 18.0 Å². The van der Waals surface area contributed by atoms with Crippen molar-refractivity contribution in [3.63, 3.8) is 0 Å². The highest BCUT2D eigenvalue weighted by molar-refractivity contribution is 8.00. The number of hydrogen-bond acceptors (Lipinski definition) is 2. The monoisotopic (exact) mass is 303 g/mol. The van der Waals surface area contributed by atoms with E-state index in [-0.39, 0.29) is 10.3 Å². The molecule has 0 aliphatic carbocycles. The third-order valence-electron chi connectivity index (χ3n) is 3.36. The Balaban J connectivity index is 2.19. The maximum absolute atomic E-state index is 13.2. The van der Waals surface area contributed by atoms with Crippen molar-refractivity contribution >= 4 is 17.7 Å². The predicted octanol–water partition coefficient (Wildman–Crippen LogP) is 3.46. The smallest absolute Gasteiger partial charge is 0.254 e. The Morgan fingerprint density at radius 2 is 1.80 bits per heavy atom. The maximum atomic E-state index is 13.2. The van der Waals surface area contributed by atoms with Crippen LogP contribution < -0.4 is 0 Å². The Hall–Kier alpha value is -1.17. The van der Waals surface area contributed by atoms with Gasteiger partial charge in [0.1, 0.15) is 0 Å². The fraction of sp³-hybridized carbons (Fsp3) is 0.500. The molecule has 2 nitrogen and oxygen atoms in total. The number of rotatable bonds is 1. The normalized spacial score (nSPS) is 18.8. The van der Waals surface area contributed by atoms with Crippen molar-refractivity contribution in [3.8, 4) is 0 Å². The number of carbonyl (C=O) groups excluding carboxylic acids is 1. The Morgan fingerprint density at radius 3 is 2.40 bits per heavy atom. The zero-order chi connectivity index (χ0) is 14.9. The SMILES string of the molecule is CC1(C)CCN(C(=O)c2cc(F)c(F)c(F)c2)CCS1. The first-order valence-electron chi connectivity index (χ1n) is 6.38. The first-order chi connectivity index (χ1) is 9.30. The fourth-order valence-corrected chi connectivity index (χ4v) is 3.18. The van der Waals surface area contributed by atoms with Gasteiger partial charge in [-0.2, -0.15) is 11.8 Å². The van der Waals surface area contributed by atoms with Crippen LogP contribution in [-0.2, 0) is 0 Å². The van der Waals surface area contributed by atoms with E-state index < -0.39 is 23.4 Å². The van der Waals surface area contributed by atoms with Crippen molar-refractivity contribution in [2.75, 3.05) is 18.8 Å². The minimum Gasteiger partial charge on any atom is -0.338 e. The van der Waals surface area contributed by atoms with Crippen LogP contribution in [0.4, 0.5) is 13.2 Å². The van der Waals surface area contributed by atoms with Crippen LogP contribution in [0.5, 0.6) is 0 Å². The Bertz CT molecular complexity index is 510. The average molecular weight is 303 g/mol. The van der Waals surface area contributed by atoms with E-state index >= 15 is 0 Å². The third kappa shape index (κ3) is 3.29. The van der Waals surface area contributed by atoms with E-state index in [1.165, 1.54) is 0 Å². The molecule has 1 heterocycles. The van der Waals surface area contributed by atoms with Crippen LogP contribution in [0.1, 0.15) is 30.6 Å². The van der Waals surface area contributed by atoms with Crippen LogP contribution in [0.25, 0.3) is 0 Å². The molecule has 0 saturated carbocycles. The molecule has 0 bridgehead atoms. The van der Waals surface area contributed by atoms with Gasteiger partial charge in [-0.15, -0.1) is 0 Å². The molecule has 1 fully saturated rings. The molecular weight excluding hydrogens is 287 g/mol.